The van der Waals surface area contributed by atoms with E-state index in [1.165, 1.54) is 17.3 Å². The fourth-order valence-electron chi connectivity index (χ4n) is 2.34. The number of benzene rings is 1. The highest BCUT2D eigenvalue weighted by atomic mass is 16.4. The number of hydrogen-bond acceptors (Lipinski definition) is 3. The number of carboxylic acids is 1. The molecule has 0 aliphatic carbocycles. The molecule has 2 amide bonds. The van der Waals surface area contributed by atoms with Crippen LogP contribution < -0.4 is 10.2 Å². The first-order chi connectivity index (χ1) is 9.66. The van der Waals surface area contributed by atoms with Gasteiger partial charge in [-0.2, -0.15) is 5.10 Å². The summed E-state index contributed by atoms with van der Waals surface area (Å²) in [5.74, 6) is -1.02. The highest BCUT2D eigenvalue weighted by Gasteiger charge is 2.38. The smallest absolute Gasteiger partial charge is 0.327 e. The Morgan fingerprint density at radius 2 is 2.20 bits per heavy atom. The van der Waals surface area contributed by atoms with Crippen molar-refractivity contribution in [1.82, 2.24) is 10.2 Å². The number of carbonyl (C=O) groups excluding carboxylic acids is 1. The van der Waals surface area contributed by atoms with Crippen LogP contribution in [0.3, 0.4) is 0 Å². The van der Waals surface area contributed by atoms with Crippen LogP contribution in [-0.4, -0.2) is 33.3 Å². The number of carbonyl (C=O) groups is 2. The molecule has 0 saturated heterocycles. The third kappa shape index (κ3) is 1.99. The average molecular weight is 272 g/mol. The zero-order valence-electron chi connectivity index (χ0n) is 10.4. The number of urea groups is 1. The van der Waals surface area contributed by atoms with Gasteiger partial charge in [0.15, 0.2) is 0 Å². The molecule has 7 nitrogen and oxygen atoms in total. The van der Waals surface area contributed by atoms with Crippen LogP contribution in [0.25, 0.3) is 0 Å². The van der Waals surface area contributed by atoms with E-state index >= 15 is 0 Å². The Morgan fingerprint density at radius 1 is 1.40 bits per heavy atom. The van der Waals surface area contributed by atoms with Gasteiger partial charge in [0.1, 0.15) is 6.04 Å². The number of amides is 2. The van der Waals surface area contributed by atoms with E-state index in [0.29, 0.717) is 17.8 Å². The number of aromatic nitrogens is 2. The predicted octanol–water partition coefficient (Wildman–Crippen LogP) is 1.46. The standard InChI is InChI=1S/C13H12N4O3/c18-12(19)11-5-8-3-1-2-4-10(8)17(11)13(20)16-9-6-14-15-7-9/h1-4,6-7,11H,5H2,(H,14,15)(H,16,20)(H,18,19). The number of fused-ring (bicyclic) bond motifs is 1. The van der Waals surface area contributed by atoms with Crippen molar-refractivity contribution >= 4 is 23.4 Å². The lowest BCUT2D eigenvalue weighted by Gasteiger charge is -2.22. The molecular weight excluding hydrogens is 260 g/mol. The van der Waals surface area contributed by atoms with Gasteiger partial charge in [0, 0.05) is 18.3 Å². The van der Waals surface area contributed by atoms with Gasteiger partial charge in [0.25, 0.3) is 0 Å². The number of anilines is 2. The third-order valence-corrected chi connectivity index (χ3v) is 3.23. The van der Waals surface area contributed by atoms with Gasteiger partial charge in [0.05, 0.1) is 11.9 Å². The van der Waals surface area contributed by atoms with Crippen LogP contribution in [-0.2, 0) is 11.2 Å². The van der Waals surface area contributed by atoms with Crippen molar-refractivity contribution in [2.75, 3.05) is 10.2 Å². The van der Waals surface area contributed by atoms with Crippen molar-refractivity contribution in [2.24, 2.45) is 0 Å². The SMILES string of the molecule is O=C(O)C1Cc2ccccc2N1C(=O)Nc1cn[nH]c1. The van der Waals surface area contributed by atoms with Gasteiger partial charge in [-0.05, 0) is 11.6 Å². The molecule has 0 bridgehead atoms. The van der Waals surface area contributed by atoms with Crippen LogP contribution in [0.5, 0.6) is 0 Å². The van der Waals surface area contributed by atoms with E-state index in [-0.39, 0.29) is 0 Å². The predicted molar refractivity (Wildman–Crippen MR) is 71.7 cm³/mol. The lowest BCUT2D eigenvalue weighted by Crippen LogP contribution is -2.45. The number of aromatic amines is 1. The van der Waals surface area contributed by atoms with E-state index in [1.54, 1.807) is 12.1 Å². The second kappa shape index (κ2) is 4.69. The summed E-state index contributed by atoms with van der Waals surface area (Å²) >= 11 is 0. The second-order valence-electron chi connectivity index (χ2n) is 4.47. The molecule has 0 saturated carbocycles. The Morgan fingerprint density at radius 3 is 2.90 bits per heavy atom. The maximum atomic E-state index is 12.3. The molecule has 0 radical (unpaired) electrons. The van der Waals surface area contributed by atoms with Crippen LogP contribution >= 0.6 is 0 Å². The fourth-order valence-corrected chi connectivity index (χ4v) is 2.34. The van der Waals surface area contributed by atoms with E-state index in [0.717, 1.165) is 5.56 Å². The van der Waals surface area contributed by atoms with E-state index < -0.39 is 18.0 Å². The van der Waals surface area contributed by atoms with Gasteiger partial charge in [-0.25, -0.2) is 9.59 Å². The van der Waals surface area contributed by atoms with Crippen molar-refractivity contribution < 1.29 is 14.7 Å². The van der Waals surface area contributed by atoms with E-state index in [1.807, 2.05) is 12.1 Å². The maximum Gasteiger partial charge on any atom is 0.327 e. The first kappa shape index (κ1) is 12.2. The number of nitrogens with zero attached hydrogens (tertiary/aromatic N) is 2. The molecule has 1 aliphatic heterocycles. The summed E-state index contributed by atoms with van der Waals surface area (Å²) < 4.78 is 0. The summed E-state index contributed by atoms with van der Waals surface area (Å²) in [4.78, 5) is 24.9. The molecule has 0 fully saturated rings. The molecule has 0 spiro atoms. The zero-order chi connectivity index (χ0) is 14.1. The first-order valence-electron chi connectivity index (χ1n) is 6.06. The molecule has 1 unspecified atom stereocenters. The second-order valence-corrected chi connectivity index (χ2v) is 4.47. The Hall–Kier alpha value is -2.83. The van der Waals surface area contributed by atoms with Crippen molar-refractivity contribution in [2.45, 2.75) is 12.5 Å². The minimum absolute atomic E-state index is 0.310. The van der Waals surface area contributed by atoms with E-state index in [2.05, 4.69) is 15.5 Å². The Balaban J connectivity index is 1.92. The van der Waals surface area contributed by atoms with Gasteiger partial charge in [-0.3, -0.25) is 10.00 Å². The number of hydrogen-bond donors (Lipinski definition) is 3. The van der Waals surface area contributed by atoms with Crippen molar-refractivity contribution in [3.8, 4) is 0 Å². The van der Waals surface area contributed by atoms with Crippen molar-refractivity contribution in [1.29, 1.82) is 0 Å². The molecule has 3 N–H and O–H groups in total. The van der Waals surface area contributed by atoms with Gasteiger partial charge in [-0.1, -0.05) is 18.2 Å². The normalized spacial score (nSPS) is 16.8. The molecule has 1 aromatic heterocycles. The number of H-pyrrole nitrogens is 1. The van der Waals surface area contributed by atoms with E-state index in [4.69, 9.17) is 0 Å². The lowest BCUT2D eigenvalue weighted by molar-refractivity contribution is -0.138. The molecule has 1 aromatic carbocycles. The largest absolute Gasteiger partial charge is 0.480 e. The van der Waals surface area contributed by atoms with Gasteiger partial charge >= 0.3 is 12.0 Å². The number of para-hydroxylation sites is 1. The van der Waals surface area contributed by atoms with Gasteiger partial charge in [-0.15, -0.1) is 0 Å². The molecule has 20 heavy (non-hydrogen) atoms. The number of carboxylic acid groups (broad SMARTS) is 1. The summed E-state index contributed by atoms with van der Waals surface area (Å²) in [6.45, 7) is 0. The molecule has 102 valence electrons. The monoisotopic (exact) mass is 272 g/mol. The molecular formula is C13H12N4O3. The Kier molecular flexibility index (Phi) is 2.86. The molecule has 2 aromatic rings. The highest BCUT2D eigenvalue weighted by molar-refractivity contribution is 6.07. The summed E-state index contributed by atoms with van der Waals surface area (Å²) in [6, 6.07) is 5.81. The molecule has 7 heteroatoms. The minimum Gasteiger partial charge on any atom is -0.480 e. The summed E-state index contributed by atoms with van der Waals surface area (Å²) in [5, 5.41) is 18.2. The minimum atomic E-state index is -1.02. The fraction of sp³-hybridized carbons (Fsp3) is 0.154. The topological polar surface area (TPSA) is 98.3 Å². The van der Waals surface area contributed by atoms with Crippen LogP contribution in [0, 0.1) is 0 Å². The Labute approximate surface area is 114 Å². The number of rotatable bonds is 2. The summed E-state index contributed by atoms with van der Waals surface area (Å²) in [5.41, 5.74) is 1.96. The molecule has 1 aliphatic rings. The lowest BCUT2D eigenvalue weighted by atomic mass is 10.1. The highest BCUT2D eigenvalue weighted by Crippen LogP contribution is 2.32. The zero-order valence-corrected chi connectivity index (χ0v) is 10.4. The molecule has 3 rings (SSSR count). The van der Waals surface area contributed by atoms with Gasteiger partial charge < -0.3 is 10.4 Å². The molecule has 1 atom stereocenters. The first-order valence-corrected chi connectivity index (χ1v) is 6.06. The van der Waals surface area contributed by atoms with Crippen LogP contribution in [0.15, 0.2) is 36.7 Å². The quantitative estimate of drug-likeness (QED) is 0.770. The van der Waals surface area contributed by atoms with Gasteiger partial charge in [0.2, 0.25) is 0 Å². The number of nitrogens with one attached hydrogen (secondary N) is 2. The van der Waals surface area contributed by atoms with Crippen LogP contribution in [0.4, 0.5) is 16.2 Å². The van der Waals surface area contributed by atoms with Crippen LogP contribution in [0.1, 0.15) is 5.56 Å². The van der Waals surface area contributed by atoms with Crippen molar-refractivity contribution in [3.63, 3.8) is 0 Å². The van der Waals surface area contributed by atoms with Crippen molar-refractivity contribution in [3.05, 3.63) is 42.2 Å². The maximum absolute atomic E-state index is 12.3. The average Bonchev–Trinajstić information content (AvgIpc) is 3.04. The molecule has 2 heterocycles. The van der Waals surface area contributed by atoms with E-state index in [9.17, 15) is 14.7 Å². The summed E-state index contributed by atoms with van der Waals surface area (Å²) in [6.07, 6.45) is 3.29. The summed E-state index contributed by atoms with van der Waals surface area (Å²) in [7, 11) is 0. The van der Waals surface area contributed by atoms with Crippen LogP contribution in [0.2, 0.25) is 0 Å². The number of aliphatic carboxylic acids is 1. The third-order valence-electron chi connectivity index (χ3n) is 3.23. The Bertz CT molecular complexity index is 653.